The van der Waals surface area contributed by atoms with Crippen molar-refractivity contribution in [1.29, 1.82) is 0 Å². The molecule has 444 valence electrons. The summed E-state index contributed by atoms with van der Waals surface area (Å²) >= 11 is 0. The minimum atomic E-state index is -2.56. The minimum Gasteiger partial charge on any atom is -0.455 e. The number of carbonyl (C=O) groups excluding carboxylic acids is 8. The van der Waals surface area contributed by atoms with Crippen molar-refractivity contribution in [3.63, 3.8) is 0 Å². The third-order valence-corrected chi connectivity index (χ3v) is 20.0. The number of carbonyl (C=O) groups is 8. The van der Waals surface area contributed by atoms with Crippen LogP contribution in [0.25, 0.3) is 0 Å². The molecule has 82 heavy (non-hydrogen) atoms. The number of hydrogen-bond acceptors (Lipinski definition) is 24. The van der Waals surface area contributed by atoms with Gasteiger partial charge < -0.3 is 64.5 Å². The largest absolute Gasteiger partial charge is 0.509 e. The molecule has 21 nitrogen and oxygen atoms in total. The van der Waals surface area contributed by atoms with Crippen LogP contribution < -0.4 is 16.8 Å². The normalized spacial score (nSPS) is 26.7. The maximum Gasteiger partial charge on any atom is 0.509 e. The highest BCUT2D eigenvalue weighted by Crippen LogP contribution is 2.65. The molecule has 0 aromatic heterocycles. The molecule has 1 aliphatic heterocycles. The Morgan fingerprint density at radius 1 is 0.732 bits per heavy atom. The summed E-state index contributed by atoms with van der Waals surface area (Å²) in [6, 6.07) is 22.5. The molecule has 11 atom stereocenters. The number of nitrogens with two attached hydrogens (primary N) is 2. The summed E-state index contributed by atoms with van der Waals surface area (Å²) in [6.45, 7) is 8.33. The van der Waals surface area contributed by atoms with Gasteiger partial charge in [0, 0.05) is 73.8 Å². The second-order valence-corrected chi connectivity index (χ2v) is 26.0. The van der Waals surface area contributed by atoms with Crippen LogP contribution in [-0.2, 0) is 61.8 Å². The summed E-state index contributed by atoms with van der Waals surface area (Å²) < 4.78 is 54.4. The Kier molecular flexibility index (Phi) is 21.9. The highest BCUT2D eigenvalue weighted by atomic mass is 33.1. The number of ketones is 1. The minimum absolute atomic E-state index is 0.00411. The Morgan fingerprint density at radius 3 is 1.84 bits per heavy atom. The third kappa shape index (κ3) is 13.9. The fourth-order valence-electron chi connectivity index (χ4n) is 11.4. The van der Waals surface area contributed by atoms with Crippen LogP contribution in [0.5, 0.6) is 0 Å². The first-order valence-corrected chi connectivity index (χ1v) is 31.5. The molecule has 2 bridgehead atoms. The van der Waals surface area contributed by atoms with Gasteiger partial charge in [-0.05, 0) is 54.8 Å². The van der Waals surface area contributed by atoms with E-state index in [0.29, 0.717) is 36.1 Å². The Balaban J connectivity index is 1.40. The molecule has 2 saturated carbocycles. The van der Waals surface area contributed by atoms with E-state index in [2.05, 4.69) is 5.32 Å². The summed E-state index contributed by atoms with van der Waals surface area (Å²) in [5.41, 5.74) is 3.18. The van der Waals surface area contributed by atoms with Crippen LogP contribution >= 0.6 is 43.2 Å². The summed E-state index contributed by atoms with van der Waals surface area (Å²) in [5.74, 6) is -5.47. The molecule has 3 fully saturated rings. The van der Waals surface area contributed by atoms with E-state index in [4.69, 9.17) is 54.1 Å². The lowest BCUT2D eigenvalue weighted by Crippen LogP contribution is -2.82. The van der Waals surface area contributed by atoms with Crippen molar-refractivity contribution in [3.05, 3.63) is 119 Å². The summed E-state index contributed by atoms with van der Waals surface area (Å²) in [5, 5.41) is 17.1. The average molecular weight is 1210 g/mol. The van der Waals surface area contributed by atoms with E-state index >= 15 is 9.59 Å². The molecule has 1 amide bonds. The zero-order valence-electron chi connectivity index (χ0n) is 46.2. The molecule has 25 heteroatoms. The van der Waals surface area contributed by atoms with Crippen molar-refractivity contribution in [1.82, 2.24) is 5.32 Å². The van der Waals surface area contributed by atoms with Crippen LogP contribution in [0.3, 0.4) is 0 Å². The van der Waals surface area contributed by atoms with Gasteiger partial charge in [-0.1, -0.05) is 124 Å². The van der Waals surface area contributed by atoms with Gasteiger partial charge in [-0.15, -0.1) is 0 Å². The first-order valence-electron chi connectivity index (χ1n) is 26.5. The van der Waals surface area contributed by atoms with Crippen LogP contribution in [0.15, 0.2) is 102 Å². The van der Waals surface area contributed by atoms with Gasteiger partial charge >= 0.3 is 36.2 Å². The number of amides is 1. The lowest BCUT2D eigenvalue weighted by molar-refractivity contribution is -0.346. The fraction of sp³-hybridized carbons (Fsp3) is 0.509. The van der Waals surface area contributed by atoms with Crippen molar-refractivity contribution in [2.45, 2.75) is 108 Å². The Morgan fingerprint density at radius 2 is 1.29 bits per heavy atom. The van der Waals surface area contributed by atoms with E-state index in [-0.39, 0.29) is 47.5 Å². The van der Waals surface area contributed by atoms with E-state index in [9.17, 15) is 33.9 Å². The molecule has 0 radical (unpaired) electrons. The molecule has 7 rings (SSSR count). The first-order chi connectivity index (χ1) is 39.1. The number of ether oxygens (including phenoxy) is 9. The lowest BCUT2D eigenvalue weighted by atomic mass is 9.44. The number of fused-ring (bicyclic) bond motifs is 5. The SMILES string of the molecule is CC(=O)O[C@H]1C(=O)[C@]2(C)[C@@H](OC(=O)OCCSSCCN)C[C@H]3OC[C@@]3(OC(C)=O)[C@H]2[C@H](OC(=O)c2ccccc2)[C@]2(O)C[C@H](OC(=O)[C@H](OC(=O)OCCSSCCN)[C@@H](NC(=O)c3ccccc3)c3ccccc3)C(C)=C1C2(C)C. The Hall–Kier alpha value is -5.80. The summed E-state index contributed by atoms with van der Waals surface area (Å²) in [7, 11) is 5.74. The van der Waals surface area contributed by atoms with Gasteiger partial charge in [0.1, 0.15) is 49.3 Å². The van der Waals surface area contributed by atoms with E-state index in [1.165, 1.54) is 83.0 Å². The first kappa shape index (κ1) is 63.8. The number of rotatable bonds is 24. The van der Waals surface area contributed by atoms with Crippen LogP contribution in [0.4, 0.5) is 9.59 Å². The monoisotopic (exact) mass is 1210 g/mol. The highest BCUT2D eigenvalue weighted by molar-refractivity contribution is 8.77. The predicted octanol–water partition coefficient (Wildman–Crippen LogP) is 6.74. The maximum atomic E-state index is 16.4. The molecule has 3 aromatic carbocycles. The molecule has 0 unspecified atom stereocenters. The molecule has 3 aromatic rings. The maximum absolute atomic E-state index is 16.4. The number of hydrogen-bond donors (Lipinski definition) is 4. The number of aliphatic hydroxyl groups is 1. The standard InChI is InChI=1S/C57H69N3O18S4/c1-33-39(74-51(66)45(76-53(68)71-25-29-82-80-27-23-59)43(36-16-10-7-11-17-36)60-49(64)37-18-12-8-13-19-37)31-57(69)48(77-50(65)38-20-14-9-15-21-38)46-55(6,47(63)44(73-34(2)61)42(33)54(57,4)5)40(30-41-56(46,32-72-41)78-35(3)62)75-52(67)70-24-28-81-79-26-22-58/h7-21,39-41,43-46,48,69H,22-32,58-59H2,1-6H3,(H,60,64)/t39-,40-,41+,43-,44+,45+,46-,48-,55+,56-,57+/m0/s1. The fourth-order valence-corrected chi connectivity index (χ4v) is 14.7. The van der Waals surface area contributed by atoms with Crippen LogP contribution in [0.2, 0.25) is 0 Å². The van der Waals surface area contributed by atoms with Gasteiger partial charge in [0.15, 0.2) is 17.5 Å². The zero-order chi connectivity index (χ0) is 59.4. The molecule has 3 aliphatic carbocycles. The second-order valence-electron chi connectivity index (χ2n) is 20.6. The molecular weight excluding hydrogens is 1140 g/mol. The Bertz CT molecular complexity index is 2820. The second kappa shape index (κ2) is 28.2. The average Bonchev–Trinajstić information content (AvgIpc) is 0.714. The van der Waals surface area contributed by atoms with Crippen molar-refractivity contribution in [3.8, 4) is 0 Å². The van der Waals surface area contributed by atoms with E-state index < -0.39 is 132 Å². The highest BCUT2D eigenvalue weighted by Gasteiger charge is 2.79. The molecule has 1 heterocycles. The molecule has 6 N–H and O–H groups in total. The van der Waals surface area contributed by atoms with Crippen molar-refractivity contribution >= 4 is 91.1 Å². The van der Waals surface area contributed by atoms with Gasteiger partial charge in [-0.25, -0.2) is 19.2 Å². The molecular formula is C57H69N3O18S4. The topological polar surface area (TPSA) is 304 Å². The molecule has 1 saturated heterocycles. The smallest absolute Gasteiger partial charge is 0.455 e. The lowest BCUT2D eigenvalue weighted by Gasteiger charge is -2.67. The van der Waals surface area contributed by atoms with Gasteiger partial charge in [0.2, 0.25) is 6.10 Å². The summed E-state index contributed by atoms with van der Waals surface area (Å²) in [6.07, 6.45) is -13.8. The van der Waals surface area contributed by atoms with Crippen molar-refractivity contribution in [2.24, 2.45) is 28.2 Å². The third-order valence-electron chi connectivity index (χ3n) is 15.2. The number of Topliss-reactive ketones (excluding diaryl/α,β-unsaturated/α-hetero) is 1. The van der Waals surface area contributed by atoms with Crippen LogP contribution in [0, 0.1) is 16.7 Å². The van der Waals surface area contributed by atoms with Crippen LogP contribution in [0.1, 0.15) is 86.7 Å². The van der Waals surface area contributed by atoms with Crippen LogP contribution in [-0.4, -0.2) is 157 Å². The van der Waals surface area contributed by atoms with Crippen molar-refractivity contribution in [2.75, 3.05) is 55.9 Å². The zero-order valence-corrected chi connectivity index (χ0v) is 49.5. The van der Waals surface area contributed by atoms with E-state index in [1.54, 1.807) is 78.9 Å². The number of nitrogens with one attached hydrogen (secondary N) is 1. The Labute approximate surface area is 491 Å². The number of benzene rings is 3. The summed E-state index contributed by atoms with van der Waals surface area (Å²) in [4.78, 5) is 115. The van der Waals surface area contributed by atoms with Gasteiger partial charge in [-0.2, -0.15) is 0 Å². The van der Waals surface area contributed by atoms with Gasteiger partial charge in [0.05, 0.1) is 23.5 Å². The molecule has 4 aliphatic rings. The van der Waals surface area contributed by atoms with Gasteiger partial charge in [0.25, 0.3) is 5.91 Å². The van der Waals surface area contributed by atoms with E-state index in [1.807, 2.05) is 0 Å². The van der Waals surface area contributed by atoms with Gasteiger partial charge in [-0.3, -0.25) is 19.2 Å². The van der Waals surface area contributed by atoms with E-state index in [0.717, 1.165) is 13.8 Å². The number of esters is 4. The predicted molar refractivity (Wildman–Crippen MR) is 306 cm³/mol. The molecule has 0 spiro atoms. The van der Waals surface area contributed by atoms with Crippen molar-refractivity contribution < 1.29 is 86.1 Å². The quantitative estimate of drug-likeness (QED) is 0.0237.